The average molecular weight is 182 g/mol. The molecular formula is C5H11O5P. The van der Waals surface area contributed by atoms with Crippen molar-refractivity contribution in [3.63, 3.8) is 0 Å². The molecule has 0 amide bonds. The van der Waals surface area contributed by atoms with Gasteiger partial charge in [0, 0.05) is 9.47 Å². The highest BCUT2D eigenvalue weighted by molar-refractivity contribution is 7.09. The number of hydrogen-bond donors (Lipinski definition) is 3. The highest BCUT2D eigenvalue weighted by atomic mass is 31.0. The minimum atomic E-state index is -1.20. The molecule has 0 aromatic rings. The minimum Gasteiger partial charge on any atom is -0.388 e. The maximum atomic E-state index is 9.13. The van der Waals surface area contributed by atoms with Gasteiger partial charge in [0.25, 0.3) is 0 Å². The third-order valence-electron chi connectivity index (χ3n) is 1.59. The summed E-state index contributed by atoms with van der Waals surface area (Å²) in [7, 11) is 1.92. The van der Waals surface area contributed by atoms with E-state index in [0.29, 0.717) is 0 Å². The Morgan fingerprint density at radius 2 is 1.91 bits per heavy atom. The topological polar surface area (TPSA) is 79.2 Å². The molecule has 1 heterocycles. The van der Waals surface area contributed by atoms with Crippen LogP contribution in [0, 0.1) is 0 Å². The Morgan fingerprint density at radius 3 is 2.45 bits per heavy atom. The van der Waals surface area contributed by atoms with Gasteiger partial charge in [-0.2, -0.15) is 0 Å². The standard InChI is InChI=1S/C5H11O5P/c6-2-1-9-5(10-11)4(8)3(2)7/h2-8H,1,11H2. The molecule has 0 spiro atoms. The lowest BCUT2D eigenvalue weighted by molar-refractivity contribution is -0.238. The molecule has 1 saturated heterocycles. The van der Waals surface area contributed by atoms with Crippen LogP contribution in [-0.2, 0) is 9.26 Å². The van der Waals surface area contributed by atoms with E-state index in [2.05, 4.69) is 4.52 Å². The predicted octanol–water partition coefficient (Wildman–Crippen LogP) is -1.77. The summed E-state index contributed by atoms with van der Waals surface area (Å²) in [6.07, 6.45) is -4.31. The molecule has 0 radical (unpaired) electrons. The van der Waals surface area contributed by atoms with Crippen molar-refractivity contribution >= 4 is 9.47 Å². The van der Waals surface area contributed by atoms with Gasteiger partial charge in [-0.1, -0.05) is 0 Å². The molecule has 1 aliphatic rings. The van der Waals surface area contributed by atoms with E-state index in [1.807, 2.05) is 9.47 Å². The first-order valence-corrected chi connectivity index (χ1v) is 3.65. The molecule has 1 fully saturated rings. The van der Waals surface area contributed by atoms with Crippen molar-refractivity contribution in [1.82, 2.24) is 0 Å². The van der Waals surface area contributed by atoms with Gasteiger partial charge in [0.2, 0.25) is 0 Å². The molecular weight excluding hydrogens is 171 g/mol. The van der Waals surface area contributed by atoms with Gasteiger partial charge in [-0.25, -0.2) is 0 Å². The van der Waals surface area contributed by atoms with Gasteiger partial charge in [0.15, 0.2) is 6.29 Å². The van der Waals surface area contributed by atoms with Crippen LogP contribution in [0.1, 0.15) is 0 Å². The summed E-state index contributed by atoms with van der Waals surface area (Å²) in [4.78, 5) is 0. The van der Waals surface area contributed by atoms with E-state index in [1.54, 1.807) is 0 Å². The second-order valence-corrected chi connectivity index (χ2v) is 2.66. The van der Waals surface area contributed by atoms with Crippen molar-refractivity contribution in [1.29, 1.82) is 0 Å². The van der Waals surface area contributed by atoms with E-state index >= 15 is 0 Å². The normalized spacial score (nSPS) is 45.8. The molecule has 0 aliphatic carbocycles. The van der Waals surface area contributed by atoms with E-state index in [4.69, 9.17) is 20.1 Å². The molecule has 1 aliphatic heterocycles. The molecule has 0 saturated carbocycles. The summed E-state index contributed by atoms with van der Waals surface area (Å²) >= 11 is 0. The van der Waals surface area contributed by atoms with Crippen molar-refractivity contribution in [2.24, 2.45) is 0 Å². The predicted molar refractivity (Wildman–Crippen MR) is 38.6 cm³/mol. The fourth-order valence-corrected chi connectivity index (χ4v) is 1.14. The fourth-order valence-electron chi connectivity index (χ4n) is 0.899. The molecule has 11 heavy (non-hydrogen) atoms. The molecule has 1 rings (SSSR count). The lowest BCUT2D eigenvalue weighted by Gasteiger charge is -2.33. The summed E-state index contributed by atoms with van der Waals surface area (Å²) < 4.78 is 9.41. The summed E-state index contributed by atoms with van der Waals surface area (Å²) in [6, 6.07) is 0. The average Bonchev–Trinajstić information content (AvgIpc) is 2.01. The third-order valence-corrected chi connectivity index (χ3v) is 1.86. The zero-order chi connectivity index (χ0) is 8.43. The van der Waals surface area contributed by atoms with Gasteiger partial charge < -0.3 is 24.6 Å². The highest BCUT2D eigenvalue weighted by Crippen LogP contribution is 2.17. The number of hydrogen-bond acceptors (Lipinski definition) is 5. The minimum absolute atomic E-state index is 0.0305. The first-order valence-electron chi connectivity index (χ1n) is 3.18. The van der Waals surface area contributed by atoms with Crippen LogP contribution < -0.4 is 0 Å². The van der Waals surface area contributed by atoms with Crippen LogP contribution in [0.3, 0.4) is 0 Å². The highest BCUT2D eigenvalue weighted by Gasteiger charge is 2.37. The molecule has 5 nitrogen and oxygen atoms in total. The van der Waals surface area contributed by atoms with Gasteiger partial charge in [-0.05, 0) is 0 Å². The summed E-state index contributed by atoms with van der Waals surface area (Å²) in [5, 5.41) is 27.2. The van der Waals surface area contributed by atoms with Crippen LogP contribution >= 0.6 is 9.47 Å². The van der Waals surface area contributed by atoms with Crippen molar-refractivity contribution in [2.75, 3.05) is 6.61 Å². The summed E-state index contributed by atoms with van der Waals surface area (Å²) in [5.74, 6) is 0. The van der Waals surface area contributed by atoms with Crippen LogP contribution in [0.25, 0.3) is 0 Å². The molecule has 0 bridgehead atoms. The van der Waals surface area contributed by atoms with Gasteiger partial charge in [-0.3, -0.25) is 0 Å². The van der Waals surface area contributed by atoms with E-state index in [-0.39, 0.29) is 6.61 Å². The van der Waals surface area contributed by atoms with E-state index in [9.17, 15) is 0 Å². The fraction of sp³-hybridized carbons (Fsp3) is 1.00. The molecule has 5 unspecified atom stereocenters. The molecule has 5 atom stereocenters. The lowest BCUT2D eigenvalue weighted by atomic mass is 10.1. The molecule has 6 heteroatoms. The summed E-state index contributed by atoms with van der Waals surface area (Å²) in [6.45, 7) is -0.0305. The second-order valence-electron chi connectivity index (χ2n) is 2.39. The van der Waals surface area contributed by atoms with Crippen molar-refractivity contribution < 1.29 is 24.6 Å². The number of aliphatic hydroxyl groups is 3. The van der Waals surface area contributed by atoms with Crippen molar-refractivity contribution in [2.45, 2.75) is 24.6 Å². The van der Waals surface area contributed by atoms with Crippen LogP contribution in [0.4, 0.5) is 0 Å². The Labute approximate surface area is 66.2 Å². The largest absolute Gasteiger partial charge is 0.388 e. The van der Waals surface area contributed by atoms with Gasteiger partial charge in [0.1, 0.15) is 18.3 Å². The van der Waals surface area contributed by atoms with Crippen LogP contribution in [0.15, 0.2) is 0 Å². The van der Waals surface area contributed by atoms with Gasteiger partial charge in [0.05, 0.1) is 6.61 Å². The maximum Gasteiger partial charge on any atom is 0.189 e. The first kappa shape index (κ1) is 9.32. The van der Waals surface area contributed by atoms with Gasteiger partial charge >= 0.3 is 0 Å². The van der Waals surface area contributed by atoms with E-state index < -0.39 is 24.6 Å². The number of rotatable bonds is 1. The first-order chi connectivity index (χ1) is 5.16. The molecule has 3 N–H and O–H groups in total. The zero-order valence-corrected chi connectivity index (χ0v) is 6.91. The monoisotopic (exact) mass is 182 g/mol. The molecule has 0 aromatic carbocycles. The van der Waals surface area contributed by atoms with Crippen molar-refractivity contribution in [3.05, 3.63) is 0 Å². The Morgan fingerprint density at radius 1 is 1.27 bits per heavy atom. The number of aliphatic hydroxyl groups excluding tert-OH is 3. The zero-order valence-electron chi connectivity index (χ0n) is 5.75. The smallest absolute Gasteiger partial charge is 0.189 e. The SMILES string of the molecule is OC1COC(OP)C(O)C1O. The third kappa shape index (κ3) is 1.87. The van der Waals surface area contributed by atoms with Gasteiger partial charge in [-0.15, -0.1) is 0 Å². The Bertz CT molecular complexity index is 130. The number of ether oxygens (including phenoxy) is 1. The van der Waals surface area contributed by atoms with Crippen LogP contribution in [-0.4, -0.2) is 46.5 Å². The van der Waals surface area contributed by atoms with E-state index in [1.165, 1.54) is 0 Å². The summed E-state index contributed by atoms with van der Waals surface area (Å²) in [5.41, 5.74) is 0. The second kappa shape index (κ2) is 3.76. The lowest BCUT2D eigenvalue weighted by Crippen LogP contribution is -2.52. The van der Waals surface area contributed by atoms with Crippen LogP contribution in [0.2, 0.25) is 0 Å². The quantitative estimate of drug-likeness (QED) is 0.418. The van der Waals surface area contributed by atoms with E-state index in [0.717, 1.165) is 0 Å². The Kier molecular flexibility index (Phi) is 3.18. The van der Waals surface area contributed by atoms with Crippen LogP contribution in [0.5, 0.6) is 0 Å². The Balaban J connectivity index is 2.52. The maximum absolute atomic E-state index is 9.13. The molecule has 66 valence electrons. The Hall–Kier alpha value is 0.230. The van der Waals surface area contributed by atoms with Crippen molar-refractivity contribution in [3.8, 4) is 0 Å². The molecule has 0 aromatic heterocycles.